The zero-order chi connectivity index (χ0) is 13.4. The minimum atomic E-state index is -0.0380. The van der Waals surface area contributed by atoms with Gasteiger partial charge in [-0.15, -0.1) is 0 Å². The van der Waals surface area contributed by atoms with Gasteiger partial charge < -0.3 is 15.4 Å². The number of rotatable bonds is 7. The lowest BCUT2D eigenvalue weighted by molar-refractivity contribution is -0.115. The maximum atomic E-state index is 11.7. The quantitative estimate of drug-likeness (QED) is 0.777. The normalized spacial score (nSPS) is 12.2. The number of ether oxygens (including phenoxy) is 1. The van der Waals surface area contributed by atoms with Crippen LogP contribution in [-0.4, -0.2) is 31.7 Å². The molecule has 0 heterocycles. The first kappa shape index (κ1) is 14.7. The third kappa shape index (κ3) is 5.80. The van der Waals surface area contributed by atoms with Crippen LogP contribution in [0.2, 0.25) is 0 Å². The van der Waals surface area contributed by atoms with Crippen LogP contribution in [-0.2, 0) is 9.53 Å². The molecule has 0 aromatic heterocycles. The molecule has 4 nitrogen and oxygen atoms in total. The molecule has 2 N–H and O–H groups in total. The molecule has 0 aliphatic rings. The van der Waals surface area contributed by atoms with Gasteiger partial charge in [0.15, 0.2) is 0 Å². The van der Waals surface area contributed by atoms with Crippen molar-refractivity contribution in [2.75, 3.05) is 25.1 Å². The summed E-state index contributed by atoms with van der Waals surface area (Å²) in [6, 6.07) is 7.93. The van der Waals surface area contributed by atoms with Gasteiger partial charge in [0.1, 0.15) is 0 Å². The Hall–Kier alpha value is -1.39. The van der Waals surface area contributed by atoms with Crippen molar-refractivity contribution in [2.45, 2.75) is 26.8 Å². The Bertz CT molecular complexity index is 380. The van der Waals surface area contributed by atoms with Crippen molar-refractivity contribution in [1.29, 1.82) is 0 Å². The van der Waals surface area contributed by atoms with Crippen LogP contribution in [0.15, 0.2) is 24.3 Å². The molecule has 0 fully saturated rings. The van der Waals surface area contributed by atoms with Gasteiger partial charge in [-0.2, -0.15) is 0 Å². The zero-order valence-electron chi connectivity index (χ0n) is 11.3. The van der Waals surface area contributed by atoms with Gasteiger partial charge in [-0.3, -0.25) is 4.79 Å². The van der Waals surface area contributed by atoms with Crippen LogP contribution in [0, 0.1) is 6.92 Å². The third-order valence-electron chi connectivity index (χ3n) is 2.48. The highest BCUT2D eigenvalue weighted by molar-refractivity contribution is 5.92. The largest absolute Gasteiger partial charge is 0.380 e. The van der Waals surface area contributed by atoms with E-state index in [0.29, 0.717) is 19.8 Å². The summed E-state index contributed by atoms with van der Waals surface area (Å²) in [5.74, 6) is -0.0380. The predicted molar refractivity (Wildman–Crippen MR) is 73.8 cm³/mol. The second-order valence-electron chi connectivity index (χ2n) is 4.36. The molecular formula is C14H22N2O2. The van der Waals surface area contributed by atoms with Crippen molar-refractivity contribution in [1.82, 2.24) is 5.32 Å². The Morgan fingerprint density at radius 1 is 1.44 bits per heavy atom. The van der Waals surface area contributed by atoms with E-state index in [1.54, 1.807) is 0 Å². The molecule has 18 heavy (non-hydrogen) atoms. The minimum absolute atomic E-state index is 0.0380. The Morgan fingerprint density at radius 3 is 2.89 bits per heavy atom. The predicted octanol–water partition coefficient (Wildman–Crippen LogP) is 1.95. The number of nitrogens with one attached hydrogen (secondary N) is 2. The summed E-state index contributed by atoms with van der Waals surface area (Å²) < 4.78 is 5.27. The van der Waals surface area contributed by atoms with Gasteiger partial charge in [0.05, 0.1) is 13.2 Å². The van der Waals surface area contributed by atoms with Gasteiger partial charge >= 0.3 is 0 Å². The molecule has 1 atom stereocenters. The Labute approximate surface area is 109 Å². The van der Waals surface area contributed by atoms with Crippen molar-refractivity contribution in [3.05, 3.63) is 29.8 Å². The molecule has 0 bridgehead atoms. The average Bonchev–Trinajstić information content (AvgIpc) is 2.34. The lowest BCUT2D eigenvalue weighted by atomic mass is 10.2. The molecule has 1 amide bonds. The highest BCUT2D eigenvalue weighted by Crippen LogP contribution is 2.08. The Kier molecular flexibility index (Phi) is 6.39. The Balaban J connectivity index is 2.29. The molecule has 0 saturated heterocycles. The summed E-state index contributed by atoms with van der Waals surface area (Å²) in [5.41, 5.74) is 1.96. The van der Waals surface area contributed by atoms with Crippen LogP contribution < -0.4 is 10.6 Å². The first-order valence-corrected chi connectivity index (χ1v) is 6.29. The molecule has 1 aromatic carbocycles. The molecule has 1 aromatic rings. The van der Waals surface area contributed by atoms with E-state index < -0.39 is 0 Å². The number of hydrogen-bond donors (Lipinski definition) is 2. The topological polar surface area (TPSA) is 50.4 Å². The number of benzene rings is 1. The second-order valence-corrected chi connectivity index (χ2v) is 4.36. The summed E-state index contributed by atoms with van der Waals surface area (Å²) in [6.45, 7) is 7.56. The van der Waals surface area contributed by atoms with Crippen LogP contribution in [0.1, 0.15) is 19.4 Å². The number of amides is 1. The van der Waals surface area contributed by atoms with E-state index in [-0.39, 0.29) is 11.9 Å². The van der Waals surface area contributed by atoms with Crippen molar-refractivity contribution in [2.24, 2.45) is 0 Å². The summed E-state index contributed by atoms with van der Waals surface area (Å²) in [6.07, 6.45) is 0. The fourth-order valence-electron chi connectivity index (χ4n) is 1.55. The van der Waals surface area contributed by atoms with Crippen molar-refractivity contribution < 1.29 is 9.53 Å². The number of hydrogen-bond acceptors (Lipinski definition) is 3. The fourth-order valence-corrected chi connectivity index (χ4v) is 1.55. The summed E-state index contributed by atoms with van der Waals surface area (Å²) in [4.78, 5) is 11.7. The molecule has 0 spiro atoms. The monoisotopic (exact) mass is 250 g/mol. The van der Waals surface area contributed by atoms with Crippen LogP contribution in [0.25, 0.3) is 0 Å². The zero-order valence-corrected chi connectivity index (χ0v) is 11.3. The summed E-state index contributed by atoms with van der Waals surface area (Å²) >= 11 is 0. The van der Waals surface area contributed by atoms with E-state index in [4.69, 9.17) is 4.74 Å². The van der Waals surface area contributed by atoms with E-state index in [9.17, 15) is 4.79 Å². The molecule has 0 aliphatic heterocycles. The van der Waals surface area contributed by atoms with Crippen LogP contribution in [0.4, 0.5) is 5.69 Å². The molecule has 4 heteroatoms. The van der Waals surface area contributed by atoms with E-state index in [2.05, 4.69) is 10.6 Å². The molecule has 0 saturated carbocycles. The van der Waals surface area contributed by atoms with Gasteiger partial charge in [-0.05, 0) is 38.5 Å². The highest BCUT2D eigenvalue weighted by Gasteiger charge is 2.05. The molecule has 1 unspecified atom stereocenters. The second kappa shape index (κ2) is 7.84. The maximum Gasteiger partial charge on any atom is 0.238 e. The highest BCUT2D eigenvalue weighted by atomic mass is 16.5. The third-order valence-corrected chi connectivity index (χ3v) is 2.48. The molecule has 1 rings (SSSR count). The summed E-state index contributed by atoms with van der Waals surface area (Å²) in [7, 11) is 0. The standard InChI is InChI=1S/C14H22N2O2/c1-4-18-10-12(3)15-9-14(17)16-13-7-5-6-11(2)8-13/h5-8,12,15H,4,9-10H2,1-3H3,(H,16,17). The molecule has 0 aliphatic carbocycles. The Morgan fingerprint density at radius 2 is 2.22 bits per heavy atom. The number of anilines is 1. The van der Waals surface area contributed by atoms with Crippen molar-refractivity contribution in [3.8, 4) is 0 Å². The fraction of sp³-hybridized carbons (Fsp3) is 0.500. The van der Waals surface area contributed by atoms with Crippen LogP contribution in [0.3, 0.4) is 0 Å². The SMILES string of the molecule is CCOCC(C)NCC(=O)Nc1cccc(C)c1. The van der Waals surface area contributed by atoms with E-state index >= 15 is 0 Å². The number of carbonyl (C=O) groups is 1. The van der Waals surface area contributed by atoms with E-state index in [1.807, 2.05) is 45.0 Å². The maximum absolute atomic E-state index is 11.7. The number of carbonyl (C=O) groups excluding carboxylic acids is 1. The minimum Gasteiger partial charge on any atom is -0.380 e. The van der Waals surface area contributed by atoms with E-state index in [1.165, 1.54) is 0 Å². The van der Waals surface area contributed by atoms with Gasteiger partial charge in [0.2, 0.25) is 5.91 Å². The molecular weight excluding hydrogens is 228 g/mol. The molecule has 100 valence electrons. The first-order chi connectivity index (χ1) is 8.61. The van der Waals surface area contributed by atoms with Crippen molar-refractivity contribution in [3.63, 3.8) is 0 Å². The lowest BCUT2D eigenvalue weighted by Gasteiger charge is -2.13. The van der Waals surface area contributed by atoms with Gasteiger partial charge in [-0.1, -0.05) is 12.1 Å². The smallest absolute Gasteiger partial charge is 0.238 e. The van der Waals surface area contributed by atoms with Gasteiger partial charge in [0.25, 0.3) is 0 Å². The van der Waals surface area contributed by atoms with Gasteiger partial charge in [-0.25, -0.2) is 0 Å². The number of aryl methyl sites for hydroxylation is 1. The first-order valence-electron chi connectivity index (χ1n) is 6.29. The van der Waals surface area contributed by atoms with E-state index in [0.717, 1.165) is 11.3 Å². The van der Waals surface area contributed by atoms with Crippen LogP contribution >= 0.6 is 0 Å². The summed E-state index contributed by atoms with van der Waals surface area (Å²) in [5, 5.41) is 5.97. The lowest BCUT2D eigenvalue weighted by Crippen LogP contribution is -2.37. The average molecular weight is 250 g/mol. The molecule has 0 radical (unpaired) electrons. The van der Waals surface area contributed by atoms with Gasteiger partial charge in [0, 0.05) is 18.3 Å². The van der Waals surface area contributed by atoms with Crippen LogP contribution in [0.5, 0.6) is 0 Å². The van der Waals surface area contributed by atoms with Crippen molar-refractivity contribution >= 4 is 11.6 Å².